The summed E-state index contributed by atoms with van der Waals surface area (Å²) in [4.78, 5) is 26.1. The Hall–Kier alpha value is -3.14. The topological polar surface area (TPSA) is 44.0 Å². The van der Waals surface area contributed by atoms with Gasteiger partial charge in [0.1, 0.15) is 0 Å². The van der Waals surface area contributed by atoms with Crippen LogP contribution in [0.4, 0.5) is 0 Å². The van der Waals surface area contributed by atoms with Gasteiger partial charge in [-0.1, -0.05) is 61.9 Å². The van der Waals surface area contributed by atoms with Gasteiger partial charge < -0.3 is 4.57 Å². The van der Waals surface area contributed by atoms with Gasteiger partial charge in [0.15, 0.2) is 0 Å². The average Bonchev–Trinajstić information content (AvgIpc) is 3.02. The number of pyridine rings is 1. The van der Waals surface area contributed by atoms with Crippen molar-refractivity contribution in [2.24, 2.45) is 7.05 Å². The first kappa shape index (κ1) is 17.3. The first-order valence-electron chi connectivity index (χ1n) is 9.27. The van der Waals surface area contributed by atoms with Crippen molar-refractivity contribution in [1.82, 2.24) is 9.13 Å². The normalized spacial score (nSPS) is 11.4. The summed E-state index contributed by atoms with van der Waals surface area (Å²) in [5.41, 5.74) is 4.26. The van der Waals surface area contributed by atoms with E-state index in [1.165, 1.54) is 0 Å². The predicted octanol–water partition coefficient (Wildman–Crippen LogP) is 4.77. The van der Waals surface area contributed by atoms with Crippen LogP contribution in [0.3, 0.4) is 0 Å². The highest BCUT2D eigenvalue weighted by atomic mass is 16.2. The Balaban J connectivity index is 2.34. The fourth-order valence-corrected chi connectivity index (χ4v) is 4.06. The third-order valence-electron chi connectivity index (χ3n) is 5.17. The second kappa shape index (κ2) is 6.54. The molecule has 136 valence electrons. The third kappa shape index (κ3) is 2.52. The van der Waals surface area contributed by atoms with Gasteiger partial charge in [-0.2, -0.15) is 0 Å². The van der Waals surface area contributed by atoms with E-state index < -0.39 is 0 Å². The zero-order chi connectivity index (χ0) is 19.1. The summed E-state index contributed by atoms with van der Waals surface area (Å²) in [7, 11) is 1.80. The van der Waals surface area contributed by atoms with Gasteiger partial charge in [0.2, 0.25) is 5.91 Å². The molecule has 0 aliphatic heterocycles. The van der Waals surface area contributed by atoms with Gasteiger partial charge >= 0.3 is 0 Å². The molecule has 0 saturated heterocycles. The highest BCUT2D eigenvalue weighted by molar-refractivity contribution is 6.12. The number of rotatable bonds is 3. The molecule has 0 bridgehead atoms. The number of hydrogen-bond donors (Lipinski definition) is 0. The molecule has 2 aromatic heterocycles. The smallest absolute Gasteiger partial charge is 0.260 e. The van der Waals surface area contributed by atoms with Crippen molar-refractivity contribution in [1.29, 1.82) is 0 Å². The highest BCUT2D eigenvalue weighted by Gasteiger charge is 2.25. The summed E-state index contributed by atoms with van der Waals surface area (Å²) in [6.07, 6.45) is 1.64. The first-order chi connectivity index (χ1) is 13.1. The van der Waals surface area contributed by atoms with E-state index in [2.05, 4.69) is 6.92 Å². The number of aryl methyl sites for hydroxylation is 2. The van der Waals surface area contributed by atoms with Gasteiger partial charge in [-0.15, -0.1) is 0 Å². The molecule has 0 aliphatic carbocycles. The number of hydrogen-bond acceptors (Lipinski definition) is 2. The maximum atomic E-state index is 13.3. The molecule has 0 amide bonds. The van der Waals surface area contributed by atoms with Crippen molar-refractivity contribution in [2.45, 2.75) is 26.7 Å². The highest BCUT2D eigenvalue weighted by Crippen LogP contribution is 2.36. The number of aromatic nitrogens is 2. The molecule has 4 rings (SSSR count). The van der Waals surface area contributed by atoms with Crippen LogP contribution in [0.2, 0.25) is 0 Å². The van der Waals surface area contributed by atoms with E-state index in [0.717, 1.165) is 46.1 Å². The number of carbonyl (C=O) groups is 1. The van der Waals surface area contributed by atoms with Gasteiger partial charge in [0.25, 0.3) is 5.56 Å². The minimum absolute atomic E-state index is 0.0515. The third-order valence-corrected chi connectivity index (χ3v) is 5.17. The number of carbonyl (C=O) groups excluding carboxylic acids is 1. The van der Waals surface area contributed by atoms with Gasteiger partial charge in [-0.05, 0) is 23.6 Å². The van der Waals surface area contributed by atoms with Crippen LogP contribution in [0.5, 0.6) is 0 Å². The molecule has 4 heteroatoms. The van der Waals surface area contributed by atoms with Crippen molar-refractivity contribution in [3.63, 3.8) is 0 Å². The Bertz CT molecular complexity index is 1230. The standard InChI is InChI=1S/C23H22N2O2/c1-4-10-18-20-22(17-13-8-9-14-19(17)24(3)23(20)27)25(15(2)26)21(18)16-11-6-5-7-12-16/h5-9,11-14H,4,10H2,1-3H3. The Kier molecular flexibility index (Phi) is 4.19. The summed E-state index contributed by atoms with van der Waals surface area (Å²) in [5, 5.41) is 1.58. The first-order valence-corrected chi connectivity index (χ1v) is 9.27. The van der Waals surface area contributed by atoms with Crippen LogP contribution in [0.25, 0.3) is 33.1 Å². The van der Waals surface area contributed by atoms with Gasteiger partial charge in [-0.25, -0.2) is 0 Å². The molecule has 0 aliphatic rings. The second-order valence-corrected chi connectivity index (χ2v) is 6.90. The zero-order valence-electron chi connectivity index (χ0n) is 15.8. The minimum atomic E-state index is -0.0837. The van der Waals surface area contributed by atoms with Crippen molar-refractivity contribution >= 4 is 27.7 Å². The van der Waals surface area contributed by atoms with Crippen LogP contribution in [0, 0.1) is 0 Å². The Labute approximate surface area is 157 Å². The van der Waals surface area contributed by atoms with Crippen molar-refractivity contribution in [3.8, 4) is 11.3 Å². The SMILES string of the molecule is CCCc1c(-c2ccccc2)n(C(C)=O)c2c1c(=O)n(C)c1ccccc21. The lowest BCUT2D eigenvalue weighted by atomic mass is 10.0. The monoisotopic (exact) mass is 358 g/mol. The Morgan fingerprint density at radius 3 is 2.33 bits per heavy atom. The maximum absolute atomic E-state index is 13.3. The summed E-state index contributed by atoms with van der Waals surface area (Å²) in [6.45, 7) is 3.66. The molecule has 0 atom stereocenters. The molecular formula is C23H22N2O2. The largest absolute Gasteiger partial charge is 0.311 e. The predicted molar refractivity (Wildman–Crippen MR) is 110 cm³/mol. The molecule has 0 saturated carbocycles. The maximum Gasteiger partial charge on any atom is 0.260 e. The average molecular weight is 358 g/mol. The van der Waals surface area contributed by atoms with Crippen LogP contribution >= 0.6 is 0 Å². The molecule has 2 heterocycles. The summed E-state index contributed by atoms with van der Waals surface area (Å²) in [5.74, 6) is -0.0837. The molecule has 4 nitrogen and oxygen atoms in total. The lowest BCUT2D eigenvalue weighted by Crippen LogP contribution is -2.18. The zero-order valence-corrected chi connectivity index (χ0v) is 15.8. The molecule has 27 heavy (non-hydrogen) atoms. The second-order valence-electron chi connectivity index (χ2n) is 6.90. The molecule has 0 spiro atoms. The molecule has 0 N–H and O–H groups in total. The number of para-hydroxylation sites is 1. The van der Waals surface area contributed by atoms with E-state index in [4.69, 9.17) is 0 Å². The van der Waals surface area contributed by atoms with Crippen LogP contribution in [0.15, 0.2) is 59.4 Å². The number of fused-ring (bicyclic) bond motifs is 3. The van der Waals surface area contributed by atoms with E-state index in [9.17, 15) is 9.59 Å². The molecule has 0 radical (unpaired) electrons. The van der Waals surface area contributed by atoms with Crippen LogP contribution in [-0.4, -0.2) is 15.0 Å². The van der Waals surface area contributed by atoms with Gasteiger partial charge in [0.05, 0.1) is 22.1 Å². The summed E-state index contributed by atoms with van der Waals surface area (Å²) >= 11 is 0. The van der Waals surface area contributed by atoms with Gasteiger partial charge in [-0.3, -0.25) is 14.2 Å². The Morgan fingerprint density at radius 1 is 1.00 bits per heavy atom. The molecule has 0 unspecified atom stereocenters. The van der Waals surface area contributed by atoms with Crippen LogP contribution < -0.4 is 5.56 Å². The molecular weight excluding hydrogens is 336 g/mol. The minimum Gasteiger partial charge on any atom is -0.311 e. The van der Waals surface area contributed by atoms with Crippen LogP contribution in [-0.2, 0) is 13.5 Å². The van der Waals surface area contributed by atoms with Crippen molar-refractivity contribution in [2.75, 3.05) is 0 Å². The van der Waals surface area contributed by atoms with Crippen LogP contribution in [0.1, 0.15) is 30.6 Å². The fraction of sp³-hybridized carbons (Fsp3) is 0.217. The van der Waals surface area contributed by atoms with E-state index >= 15 is 0 Å². The van der Waals surface area contributed by atoms with E-state index in [1.54, 1.807) is 23.1 Å². The summed E-state index contributed by atoms with van der Waals surface area (Å²) < 4.78 is 3.43. The summed E-state index contributed by atoms with van der Waals surface area (Å²) in [6, 6.07) is 17.7. The number of nitrogens with zero attached hydrogens (tertiary/aromatic N) is 2. The van der Waals surface area contributed by atoms with Crippen molar-refractivity contribution in [3.05, 3.63) is 70.5 Å². The van der Waals surface area contributed by atoms with Crippen molar-refractivity contribution < 1.29 is 4.79 Å². The quantitative estimate of drug-likeness (QED) is 0.529. The van der Waals surface area contributed by atoms with E-state index in [-0.39, 0.29) is 11.5 Å². The van der Waals surface area contributed by atoms with E-state index in [0.29, 0.717) is 5.39 Å². The number of benzene rings is 2. The molecule has 2 aromatic carbocycles. The molecule has 4 aromatic rings. The van der Waals surface area contributed by atoms with Gasteiger partial charge in [0, 0.05) is 19.4 Å². The Morgan fingerprint density at radius 2 is 1.67 bits per heavy atom. The molecule has 0 fully saturated rings. The lowest BCUT2D eigenvalue weighted by Gasteiger charge is -2.10. The van der Waals surface area contributed by atoms with E-state index in [1.807, 2.05) is 54.6 Å². The fourth-order valence-electron chi connectivity index (χ4n) is 4.06. The lowest BCUT2D eigenvalue weighted by molar-refractivity contribution is 0.0943.